The topological polar surface area (TPSA) is 62.3 Å². The summed E-state index contributed by atoms with van der Waals surface area (Å²) in [7, 11) is 1.62. The number of ether oxygens (including phenoxy) is 1. The van der Waals surface area contributed by atoms with E-state index in [0.717, 1.165) is 24.4 Å². The summed E-state index contributed by atoms with van der Waals surface area (Å²) >= 11 is 0. The van der Waals surface area contributed by atoms with Crippen molar-refractivity contribution in [2.75, 3.05) is 18.6 Å². The monoisotopic (exact) mass is 207 g/mol. The molecular formula is C11H17N3O. The number of anilines is 1. The first-order chi connectivity index (χ1) is 7.19. The molecule has 0 fully saturated rings. The van der Waals surface area contributed by atoms with Crippen molar-refractivity contribution in [3.63, 3.8) is 0 Å². The molecule has 0 saturated carbocycles. The molecule has 15 heavy (non-hydrogen) atoms. The maximum atomic E-state index is 7.48. The minimum Gasteiger partial charge on any atom is -0.497 e. The zero-order valence-corrected chi connectivity index (χ0v) is 9.16. The van der Waals surface area contributed by atoms with Crippen LogP contribution in [0.25, 0.3) is 0 Å². The van der Waals surface area contributed by atoms with Gasteiger partial charge in [-0.3, -0.25) is 5.41 Å². The van der Waals surface area contributed by atoms with E-state index < -0.39 is 0 Å². The number of guanidine groups is 1. The van der Waals surface area contributed by atoms with E-state index in [1.165, 1.54) is 0 Å². The first-order valence-corrected chi connectivity index (χ1v) is 4.94. The number of benzene rings is 1. The maximum absolute atomic E-state index is 7.48. The van der Waals surface area contributed by atoms with E-state index in [2.05, 4.69) is 6.92 Å². The number of nitrogens with one attached hydrogen (secondary N) is 1. The lowest BCUT2D eigenvalue weighted by atomic mass is 10.2. The van der Waals surface area contributed by atoms with Gasteiger partial charge >= 0.3 is 0 Å². The summed E-state index contributed by atoms with van der Waals surface area (Å²) in [5.41, 5.74) is 6.41. The summed E-state index contributed by atoms with van der Waals surface area (Å²) in [6, 6.07) is 7.55. The van der Waals surface area contributed by atoms with Crippen LogP contribution in [0.2, 0.25) is 0 Å². The predicted molar refractivity (Wildman–Crippen MR) is 62.5 cm³/mol. The number of hydrogen-bond acceptors (Lipinski definition) is 2. The fourth-order valence-corrected chi connectivity index (χ4v) is 1.39. The second-order valence-corrected chi connectivity index (χ2v) is 3.24. The van der Waals surface area contributed by atoms with E-state index in [4.69, 9.17) is 15.9 Å². The lowest BCUT2D eigenvalue weighted by Crippen LogP contribution is -2.36. The van der Waals surface area contributed by atoms with Gasteiger partial charge in [-0.1, -0.05) is 13.0 Å². The van der Waals surface area contributed by atoms with E-state index in [-0.39, 0.29) is 5.96 Å². The van der Waals surface area contributed by atoms with Crippen molar-refractivity contribution in [2.45, 2.75) is 13.3 Å². The Balaban J connectivity index is 2.94. The molecule has 0 aromatic heterocycles. The van der Waals surface area contributed by atoms with E-state index in [0.29, 0.717) is 0 Å². The summed E-state index contributed by atoms with van der Waals surface area (Å²) in [6.07, 6.45) is 0.941. The maximum Gasteiger partial charge on any atom is 0.192 e. The SMILES string of the molecule is CCCN(C(=N)N)c1cccc(OC)c1. The third-order valence-corrected chi connectivity index (χ3v) is 2.10. The van der Waals surface area contributed by atoms with Crippen molar-refractivity contribution in [3.8, 4) is 5.75 Å². The molecule has 3 N–H and O–H groups in total. The smallest absolute Gasteiger partial charge is 0.192 e. The molecule has 1 rings (SSSR count). The highest BCUT2D eigenvalue weighted by atomic mass is 16.5. The van der Waals surface area contributed by atoms with Gasteiger partial charge in [-0.2, -0.15) is 0 Å². The Bertz CT molecular complexity index is 338. The fourth-order valence-electron chi connectivity index (χ4n) is 1.39. The minimum absolute atomic E-state index is 0.0603. The van der Waals surface area contributed by atoms with Crippen molar-refractivity contribution in [1.82, 2.24) is 0 Å². The third-order valence-electron chi connectivity index (χ3n) is 2.10. The molecule has 0 heterocycles. The van der Waals surface area contributed by atoms with Crippen LogP contribution in [-0.2, 0) is 0 Å². The van der Waals surface area contributed by atoms with Crippen LogP contribution in [0.3, 0.4) is 0 Å². The van der Waals surface area contributed by atoms with Crippen LogP contribution in [0.4, 0.5) is 5.69 Å². The van der Waals surface area contributed by atoms with E-state index in [1.54, 1.807) is 12.0 Å². The molecular weight excluding hydrogens is 190 g/mol. The third kappa shape index (κ3) is 2.87. The number of hydrogen-bond donors (Lipinski definition) is 2. The molecule has 0 aliphatic rings. The molecule has 0 amide bonds. The molecule has 0 radical (unpaired) electrons. The van der Waals surface area contributed by atoms with Crippen LogP contribution in [0, 0.1) is 5.41 Å². The summed E-state index contributed by atoms with van der Waals surface area (Å²) in [4.78, 5) is 1.75. The van der Waals surface area contributed by atoms with Crippen LogP contribution in [-0.4, -0.2) is 19.6 Å². The molecule has 0 aliphatic heterocycles. The first-order valence-electron chi connectivity index (χ1n) is 4.94. The molecule has 4 nitrogen and oxygen atoms in total. The molecule has 0 unspecified atom stereocenters. The van der Waals surface area contributed by atoms with Crippen molar-refractivity contribution < 1.29 is 4.74 Å². The molecule has 4 heteroatoms. The Kier molecular flexibility index (Phi) is 3.97. The number of nitrogens with two attached hydrogens (primary N) is 1. The van der Waals surface area contributed by atoms with E-state index in [9.17, 15) is 0 Å². The highest BCUT2D eigenvalue weighted by Gasteiger charge is 2.08. The normalized spacial score (nSPS) is 9.73. The van der Waals surface area contributed by atoms with Gasteiger partial charge in [0, 0.05) is 18.3 Å². The molecule has 0 aliphatic carbocycles. The zero-order valence-electron chi connectivity index (χ0n) is 9.16. The standard InChI is InChI=1S/C11H17N3O/c1-3-7-14(11(12)13)9-5-4-6-10(8-9)15-2/h4-6,8H,3,7H2,1-2H3,(H3,12,13). The average Bonchev–Trinajstić information content (AvgIpc) is 2.25. The van der Waals surface area contributed by atoms with Gasteiger partial charge in [-0.15, -0.1) is 0 Å². The number of nitrogens with zero attached hydrogens (tertiary/aromatic N) is 1. The van der Waals surface area contributed by atoms with Crippen LogP contribution in [0.1, 0.15) is 13.3 Å². The number of methoxy groups -OCH3 is 1. The minimum atomic E-state index is 0.0603. The fraction of sp³-hybridized carbons (Fsp3) is 0.364. The molecule has 1 aromatic rings. The zero-order chi connectivity index (χ0) is 11.3. The molecule has 0 bridgehead atoms. The van der Waals surface area contributed by atoms with Crippen molar-refractivity contribution in [1.29, 1.82) is 5.41 Å². The van der Waals surface area contributed by atoms with Crippen LogP contribution in [0.15, 0.2) is 24.3 Å². The summed E-state index contributed by atoms with van der Waals surface area (Å²) < 4.78 is 5.12. The van der Waals surface area contributed by atoms with E-state index >= 15 is 0 Å². The van der Waals surface area contributed by atoms with Crippen LogP contribution < -0.4 is 15.4 Å². The van der Waals surface area contributed by atoms with Gasteiger partial charge in [0.1, 0.15) is 5.75 Å². The Morgan fingerprint density at radius 2 is 2.27 bits per heavy atom. The van der Waals surface area contributed by atoms with Gasteiger partial charge in [-0.25, -0.2) is 0 Å². The summed E-state index contributed by atoms with van der Waals surface area (Å²) in [5, 5.41) is 7.48. The summed E-state index contributed by atoms with van der Waals surface area (Å²) in [5.74, 6) is 0.833. The first kappa shape index (κ1) is 11.4. The van der Waals surface area contributed by atoms with E-state index in [1.807, 2.05) is 24.3 Å². The van der Waals surface area contributed by atoms with Crippen LogP contribution in [0.5, 0.6) is 5.75 Å². The lowest BCUT2D eigenvalue weighted by Gasteiger charge is -2.22. The highest BCUT2D eigenvalue weighted by Crippen LogP contribution is 2.20. The molecule has 0 saturated heterocycles. The van der Waals surface area contributed by atoms with Gasteiger partial charge in [-0.05, 0) is 18.6 Å². The van der Waals surface area contributed by atoms with Crippen molar-refractivity contribution >= 4 is 11.6 Å². The van der Waals surface area contributed by atoms with Gasteiger partial charge in [0.05, 0.1) is 7.11 Å². The molecule has 82 valence electrons. The van der Waals surface area contributed by atoms with Crippen molar-refractivity contribution in [2.24, 2.45) is 5.73 Å². The van der Waals surface area contributed by atoms with Gasteiger partial charge < -0.3 is 15.4 Å². The Morgan fingerprint density at radius 1 is 1.53 bits per heavy atom. The van der Waals surface area contributed by atoms with Crippen molar-refractivity contribution in [3.05, 3.63) is 24.3 Å². The Labute approximate surface area is 90.2 Å². The summed E-state index contributed by atoms with van der Waals surface area (Å²) in [6.45, 7) is 2.79. The highest BCUT2D eigenvalue weighted by molar-refractivity contribution is 5.92. The van der Waals surface area contributed by atoms with Gasteiger partial charge in [0.15, 0.2) is 5.96 Å². The van der Waals surface area contributed by atoms with Crippen LogP contribution >= 0.6 is 0 Å². The quantitative estimate of drug-likeness (QED) is 0.584. The second-order valence-electron chi connectivity index (χ2n) is 3.24. The molecule has 1 aromatic carbocycles. The Hall–Kier alpha value is -1.71. The largest absolute Gasteiger partial charge is 0.497 e. The number of rotatable bonds is 4. The lowest BCUT2D eigenvalue weighted by molar-refractivity contribution is 0.415. The molecule has 0 spiro atoms. The van der Waals surface area contributed by atoms with Gasteiger partial charge in [0.2, 0.25) is 0 Å². The average molecular weight is 207 g/mol. The van der Waals surface area contributed by atoms with Gasteiger partial charge in [0.25, 0.3) is 0 Å². The molecule has 0 atom stereocenters. The Morgan fingerprint density at radius 3 is 2.80 bits per heavy atom. The second kappa shape index (κ2) is 5.24. The predicted octanol–water partition coefficient (Wildman–Crippen LogP) is 1.81.